The number of Topliss-reactive ketones (excluding diaryl/α,β-unsaturated/α-hetero) is 2. The fourth-order valence-corrected chi connectivity index (χ4v) is 13.9. The number of hydroxylamine groups is 2. The van der Waals surface area contributed by atoms with Crippen molar-refractivity contribution < 1.29 is 28.9 Å². The van der Waals surface area contributed by atoms with Gasteiger partial charge in [-0.25, -0.2) is 0 Å². The third-order valence-electron chi connectivity index (χ3n) is 17.7. The van der Waals surface area contributed by atoms with Crippen molar-refractivity contribution in [3.63, 3.8) is 0 Å². The molecule has 7 fully saturated rings. The number of nitrogens with one attached hydrogen (secondary N) is 2. The van der Waals surface area contributed by atoms with E-state index in [0.717, 1.165) is 59.3 Å². The van der Waals surface area contributed by atoms with Gasteiger partial charge in [0.15, 0.2) is 17.1 Å². The first-order valence-corrected chi connectivity index (χ1v) is 20.6. The minimum atomic E-state index is -1.83. The highest BCUT2D eigenvalue weighted by Crippen LogP contribution is 2.78. The molecule has 2 amide bonds. The van der Waals surface area contributed by atoms with Crippen LogP contribution in [0.2, 0.25) is 0 Å². The molecule has 6 aliphatic carbocycles. The topological polar surface area (TPSA) is 140 Å². The van der Waals surface area contributed by atoms with E-state index in [1.54, 1.807) is 12.0 Å². The molecule has 7 rings (SSSR count). The molecule has 0 aromatic rings. The van der Waals surface area contributed by atoms with Crippen molar-refractivity contribution >= 4 is 23.4 Å². The second kappa shape index (κ2) is 14.1. The summed E-state index contributed by atoms with van der Waals surface area (Å²) in [5.74, 6) is 9.67. The molecule has 1 saturated heterocycles. The van der Waals surface area contributed by atoms with Crippen LogP contribution in [0.4, 0.5) is 0 Å². The van der Waals surface area contributed by atoms with Crippen LogP contribution in [0.3, 0.4) is 0 Å². The predicted molar refractivity (Wildman–Crippen MR) is 204 cm³/mol. The molecule has 0 spiro atoms. The van der Waals surface area contributed by atoms with E-state index in [-0.39, 0.29) is 6.54 Å². The van der Waals surface area contributed by atoms with E-state index < -0.39 is 48.0 Å². The fraction of sp³-hybridized carbons (Fsp3) is 0.814. The normalized spacial score (nSPS) is 44.8. The molecule has 12 unspecified atom stereocenters. The van der Waals surface area contributed by atoms with Gasteiger partial charge in [-0.3, -0.25) is 19.2 Å². The number of carbonyl (C=O) groups is 4. The zero-order chi connectivity index (χ0) is 38.9. The van der Waals surface area contributed by atoms with Gasteiger partial charge in [0.05, 0.1) is 13.1 Å². The Hall–Kier alpha value is -2.72. The Morgan fingerprint density at radius 1 is 0.906 bits per heavy atom. The number of nitrogens with two attached hydrogens (primary N) is 1. The summed E-state index contributed by atoms with van der Waals surface area (Å²) in [6.45, 7) is 25.3. The number of nitrogens with zero attached hydrogens (tertiary/aromatic N) is 1. The van der Waals surface area contributed by atoms with Crippen molar-refractivity contribution in [2.45, 2.75) is 132 Å². The van der Waals surface area contributed by atoms with Gasteiger partial charge in [0.2, 0.25) is 11.8 Å². The molecule has 10 nitrogen and oxygen atoms in total. The van der Waals surface area contributed by atoms with Crippen molar-refractivity contribution in [3.8, 4) is 0 Å². The highest BCUT2D eigenvalue weighted by Gasteiger charge is 2.71. The third-order valence-corrected chi connectivity index (χ3v) is 17.7. The summed E-state index contributed by atoms with van der Waals surface area (Å²) < 4.78 is 0. The molecule has 53 heavy (non-hydrogen) atoms. The van der Waals surface area contributed by atoms with Crippen molar-refractivity contribution in [2.24, 2.45) is 74.9 Å². The Balaban J connectivity index is 0.000000194. The molecule has 0 bridgehead atoms. The number of fused-ring (bicyclic) bond motifs is 4. The summed E-state index contributed by atoms with van der Waals surface area (Å²) in [7, 11) is 0. The lowest BCUT2D eigenvalue weighted by Crippen LogP contribution is -2.66. The third kappa shape index (κ3) is 6.20. The lowest BCUT2D eigenvalue weighted by Gasteiger charge is -2.73. The zero-order valence-corrected chi connectivity index (χ0v) is 33.9. The van der Waals surface area contributed by atoms with Gasteiger partial charge in [0.25, 0.3) is 0 Å². The average Bonchev–Trinajstić information content (AvgIpc) is 3.51. The average molecular weight is 737 g/mol. The highest BCUT2D eigenvalue weighted by atomic mass is 16.8. The summed E-state index contributed by atoms with van der Waals surface area (Å²) in [5.41, 5.74) is 2.21. The monoisotopic (exact) mass is 737 g/mol. The Bertz CT molecular complexity index is 1530. The zero-order valence-electron chi connectivity index (χ0n) is 33.9. The highest BCUT2D eigenvalue weighted by molar-refractivity contribution is 6.12. The van der Waals surface area contributed by atoms with E-state index in [1.807, 2.05) is 0 Å². The van der Waals surface area contributed by atoms with Crippen LogP contribution >= 0.6 is 0 Å². The Kier molecular flexibility index (Phi) is 10.6. The van der Waals surface area contributed by atoms with E-state index in [4.69, 9.17) is 17.3 Å². The number of hydrogen-bond acceptors (Lipinski definition) is 8. The first-order valence-electron chi connectivity index (χ1n) is 20.6. The number of rotatable bonds is 5. The predicted octanol–water partition coefficient (Wildman–Crippen LogP) is 6.65. The first kappa shape index (κ1) is 40.0. The van der Waals surface area contributed by atoms with Crippen LogP contribution in [0.25, 0.3) is 0 Å². The number of carbonyl (C=O) groups excluding carboxylic acids is 4. The first-order chi connectivity index (χ1) is 24.8. The van der Waals surface area contributed by atoms with Crippen molar-refractivity contribution in [3.05, 3.63) is 24.7 Å². The lowest BCUT2D eigenvalue weighted by atomic mass is 9.32. The molecule has 296 valence electrons. The van der Waals surface area contributed by atoms with Crippen LogP contribution in [-0.4, -0.2) is 53.6 Å². The Morgan fingerprint density at radius 3 is 2.26 bits per heavy atom. The van der Waals surface area contributed by atoms with Crippen LogP contribution in [0.1, 0.15) is 126 Å². The molecule has 4 N–H and O–H groups in total. The molecule has 6 saturated carbocycles. The maximum Gasteiger partial charge on any atom is 0.311 e. The van der Waals surface area contributed by atoms with E-state index in [2.05, 4.69) is 63.6 Å². The van der Waals surface area contributed by atoms with Crippen LogP contribution in [-0.2, 0) is 28.9 Å². The molecule has 1 heterocycles. The van der Waals surface area contributed by atoms with Gasteiger partial charge in [-0.05, 0) is 154 Å². The van der Waals surface area contributed by atoms with Crippen LogP contribution in [0, 0.1) is 69.0 Å². The van der Waals surface area contributed by atoms with Crippen LogP contribution < -0.4 is 16.5 Å². The van der Waals surface area contributed by atoms with Crippen molar-refractivity contribution in [1.29, 1.82) is 0 Å². The Labute approximate surface area is 318 Å². The van der Waals surface area contributed by atoms with E-state index >= 15 is 0 Å². The second-order valence-corrected chi connectivity index (χ2v) is 19.5. The molecular formula is C43H68N4O6. The summed E-state index contributed by atoms with van der Waals surface area (Å²) in [5, 5.41) is 5.44. The van der Waals surface area contributed by atoms with Crippen molar-refractivity contribution in [2.75, 3.05) is 19.6 Å². The standard InChI is InChI=1S/C31H50.C12H18N4O6/c1-8-31-14-11-22-19(2)17-21-18-25-23-10-9-20(3)28(4,5)24(23)12-13-29(25,6)30(7,15-16-31)26(21)27(22)31;1-7(17)12(3)9(18)4-14-10(19)5-15-11(20)6-16(12)22-8(2)21-13/h20-27H,2,8-18H2,1,3-7H3;2,4-6,13H2,1,3H3,(H,14,19)(H,15,20). The van der Waals surface area contributed by atoms with E-state index in [9.17, 15) is 19.2 Å². The number of amides is 2. The summed E-state index contributed by atoms with van der Waals surface area (Å²) >= 11 is 0. The molecule has 1 aliphatic heterocycles. The molecule has 0 aromatic carbocycles. The maximum absolute atomic E-state index is 12.3. The summed E-state index contributed by atoms with van der Waals surface area (Å²) in [6.07, 6.45) is 16.4. The van der Waals surface area contributed by atoms with Crippen LogP contribution in [0.15, 0.2) is 24.7 Å². The van der Waals surface area contributed by atoms with E-state index in [0.29, 0.717) is 21.7 Å². The number of ketones is 2. The second-order valence-electron chi connectivity index (χ2n) is 19.5. The molecule has 0 radical (unpaired) electrons. The maximum atomic E-state index is 12.3. The van der Waals surface area contributed by atoms with Crippen LogP contribution in [0.5, 0.6) is 0 Å². The van der Waals surface area contributed by atoms with Gasteiger partial charge in [0, 0.05) is 0 Å². The van der Waals surface area contributed by atoms with Gasteiger partial charge >= 0.3 is 5.95 Å². The number of hydrogen-bond donors (Lipinski definition) is 3. The van der Waals surface area contributed by atoms with Gasteiger partial charge in [0.1, 0.15) is 6.54 Å². The lowest BCUT2D eigenvalue weighted by molar-refractivity contribution is -0.238. The molecule has 12 atom stereocenters. The van der Waals surface area contributed by atoms with E-state index in [1.165, 1.54) is 71.1 Å². The molecular weight excluding hydrogens is 668 g/mol. The quantitative estimate of drug-likeness (QED) is 0.123. The fourth-order valence-electron chi connectivity index (χ4n) is 13.9. The SMILES string of the molecule is C=C(ON)ON1CC(=O)NCC(=O)NCC(=O)C1(C)C(C)=O.C=C1CC2CC3C4CCC(C)C(C)(C)C4CCC3(C)C3(C)CCC4(CC)CCC1C4C23. The van der Waals surface area contributed by atoms with Gasteiger partial charge in [-0.2, -0.15) is 5.90 Å². The van der Waals surface area contributed by atoms with Crippen molar-refractivity contribution in [1.82, 2.24) is 15.7 Å². The summed E-state index contributed by atoms with van der Waals surface area (Å²) in [4.78, 5) is 56.9. The van der Waals surface area contributed by atoms with Gasteiger partial charge in [-0.15, -0.1) is 5.06 Å². The smallest absolute Gasteiger partial charge is 0.311 e. The van der Waals surface area contributed by atoms with Gasteiger partial charge in [-0.1, -0.05) is 60.1 Å². The minimum Gasteiger partial charge on any atom is -0.373 e. The molecule has 7 aliphatic rings. The van der Waals surface area contributed by atoms with Gasteiger partial charge < -0.3 is 20.3 Å². The molecule has 0 aromatic heterocycles. The largest absolute Gasteiger partial charge is 0.373 e. The number of allylic oxidation sites excluding steroid dienone is 1. The molecule has 10 heteroatoms. The minimum absolute atomic E-state index is 0.301. The summed E-state index contributed by atoms with van der Waals surface area (Å²) in [6, 6.07) is 0. The Morgan fingerprint density at radius 2 is 1.60 bits per heavy atom.